The van der Waals surface area contributed by atoms with Gasteiger partial charge in [-0.05, 0) is 24.6 Å². The summed E-state index contributed by atoms with van der Waals surface area (Å²) < 4.78 is 10.9. The van der Waals surface area contributed by atoms with Crippen molar-refractivity contribution in [3.8, 4) is 11.5 Å². The highest BCUT2D eigenvalue weighted by Gasteiger charge is 2.02. The van der Waals surface area contributed by atoms with Gasteiger partial charge in [-0.15, -0.1) is 0 Å². The van der Waals surface area contributed by atoms with E-state index in [1.54, 1.807) is 7.11 Å². The fourth-order valence-corrected chi connectivity index (χ4v) is 1.81. The zero-order valence-electron chi connectivity index (χ0n) is 11.2. The van der Waals surface area contributed by atoms with E-state index in [1.807, 2.05) is 43.3 Å². The lowest BCUT2D eigenvalue weighted by molar-refractivity contribution is 0.299. The normalized spacial score (nSPS) is 10.3. The second kappa shape index (κ2) is 6.20. The summed E-state index contributed by atoms with van der Waals surface area (Å²) in [4.78, 5) is 4.41. The van der Waals surface area contributed by atoms with Crippen LogP contribution < -0.4 is 15.2 Å². The van der Waals surface area contributed by atoms with Gasteiger partial charge in [0.05, 0.1) is 12.8 Å². The zero-order chi connectivity index (χ0) is 13.7. The lowest BCUT2D eigenvalue weighted by Crippen LogP contribution is -2.01. The molecule has 1 heterocycles. The molecule has 1 aromatic carbocycles. The van der Waals surface area contributed by atoms with E-state index in [-0.39, 0.29) is 0 Å². The van der Waals surface area contributed by atoms with Crippen molar-refractivity contribution in [2.75, 3.05) is 7.11 Å². The Bertz CT molecular complexity index is 556. The summed E-state index contributed by atoms with van der Waals surface area (Å²) in [5, 5.41) is 0. The minimum absolute atomic E-state index is 0.409. The molecule has 0 saturated heterocycles. The van der Waals surface area contributed by atoms with Gasteiger partial charge in [0.25, 0.3) is 0 Å². The molecule has 0 atom stereocenters. The van der Waals surface area contributed by atoms with E-state index in [0.29, 0.717) is 13.2 Å². The molecule has 0 fully saturated rings. The third-order valence-electron chi connectivity index (χ3n) is 2.74. The minimum Gasteiger partial charge on any atom is -0.497 e. The van der Waals surface area contributed by atoms with E-state index in [1.165, 1.54) is 0 Å². The molecular weight excluding hydrogens is 240 g/mol. The average Bonchev–Trinajstić information content (AvgIpc) is 2.44. The molecule has 4 nitrogen and oxygen atoms in total. The van der Waals surface area contributed by atoms with Gasteiger partial charge < -0.3 is 15.2 Å². The maximum Gasteiger partial charge on any atom is 0.130 e. The molecule has 2 rings (SSSR count). The topological polar surface area (TPSA) is 57.4 Å². The summed E-state index contributed by atoms with van der Waals surface area (Å²) in [6, 6.07) is 11.5. The molecule has 0 spiro atoms. The zero-order valence-corrected chi connectivity index (χ0v) is 11.2. The Morgan fingerprint density at radius 2 is 2.00 bits per heavy atom. The number of ether oxygens (including phenoxy) is 2. The number of aromatic nitrogens is 1. The van der Waals surface area contributed by atoms with E-state index in [9.17, 15) is 0 Å². The van der Waals surface area contributed by atoms with Gasteiger partial charge in [0.2, 0.25) is 0 Å². The molecular formula is C15H18N2O2. The fraction of sp³-hybridized carbons (Fsp3) is 0.267. The van der Waals surface area contributed by atoms with Gasteiger partial charge in [0, 0.05) is 24.4 Å². The Labute approximate surface area is 113 Å². The van der Waals surface area contributed by atoms with E-state index < -0.39 is 0 Å². The van der Waals surface area contributed by atoms with Crippen molar-refractivity contribution in [1.29, 1.82) is 0 Å². The van der Waals surface area contributed by atoms with E-state index in [2.05, 4.69) is 4.98 Å². The van der Waals surface area contributed by atoms with Crippen molar-refractivity contribution < 1.29 is 9.47 Å². The van der Waals surface area contributed by atoms with E-state index in [4.69, 9.17) is 15.2 Å². The number of nitrogens with two attached hydrogens (primary N) is 1. The number of benzene rings is 1. The Morgan fingerprint density at radius 1 is 1.16 bits per heavy atom. The molecule has 100 valence electrons. The Hall–Kier alpha value is -2.07. The first kappa shape index (κ1) is 13.4. The Kier molecular flexibility index (Phi) is 4.36. The fourth-order valence-electron chi connectivity index (χ4n) is 1.81. The molecule has 19 heavy (non-hydrogen) atoms. The maximum atomic E-state index is 5.72. The summed E-state index contributed by atoms with van der Waals surface area (Å²) in [5.41, 5.74) is 8.40. The number of aryl methyl sites for hydroxylation is 1. The number of pyridine rings is 1. The van der Waals surface area contributed by atoms with Crippen LogP contribution in [0.3, 0.4) is 0 Å². The summed E-state index contributed by atoms with van der Waals surface area (Å²) >= 11 is 0. The quantitative estimate of drug-likeness (QED) is 0.895. The van der Waals surface area contributed by atoms with Gasteiger partial charge >= 0.3 is 0 Å². The van der Waals surface area contributed by atoms with Crippen LogP contribution in [0.4, 0.5) is 0 Å². The second-order valence-corrected chi connectivity index (χ2v) is 4.28. The summed E-state index contributed by atoms with van der Waals surface area (Å²) in [6.07, 6.45) is 0. The lowest BCUT2D eigenvalue weighted by atomic mass is 10.2. The van der Waals surface area contributed by atoms with Crippen LogP contribution in [0.25, 0.3) is 0 Å². The molecule has 1 aromatic heterocycles. The molecule has 0 aliphatic heterocycles. The highest BCUT2D eigenvalue weighted by atomic mass is 16.5. The van der Waals surface area contributed by atoms with Crippen molar-refractivity contribution in [3.63, 3.8) is 0 Å². The van der Waals surface area contributed by atoms with Crippen LogP contribution in [0, 0.1) is 6.92 Å². The highest BCUT2D eigenvalue weighted by molar-refractivity contribution is 5.29. The van der Waals surface area contributed by atoms with Crippen LogP contribution in [-0.4, -0.2) is 12.1 Å². The van der Waals surface area contributed by atoms with Gasteiger partial charge in [-0.1, -0.05) is 12.1 Å². The van der Waals surface area contributed by atoms with Gasteiger partial charge in [-0.3, -0.25) is 4.98 Å². The standard InChI is InChI=1S/C15H18N2O2/c1-11-6-15(18-2)8-13(17-11)10-19-14-5-3-4-12(7-14)9-16/h3-8H,9-10,16H2,1-2H3. The monoisotopic (exact) mass is 258 g/mol. The highest BCUT2D eigenvalue weighted by Crippen LogP contribution is 2.17. The number of nitrogens with zero attached hydrogens (tertiary/aromatic N) is 1. The average molecular weight is 258 g/mol. The predicted octanol–water partition coefficient (Wildman–Crippen LogP) is 2.44. The van der Waals surface area contributed by atoms with Crippen molar-refractivity contribution in [2.24, 2.45) is 5.73 Å². The minimum atomic E-state index is 0.409. The molecule has 2 N–H and O–H groups in total. The summed E-state index contributed by atoms with van der Waals surface area (Å²) in [7, 11) is 1.64. The maximum absolute atomic E-state index is 5.72. The molecule has 2 aromatic rings. The van der Waals surface area contributed by atoms with Crippen molar-refractivity contribution in [2.45, 2.75) is 20.1 Å². The number of rotatable bonds is 5. The van der Waals surface area contributed by atoms with Crippen LogP contribution in [0.15, 0.2) is 36.4 Å². The molecule has 4 heteroatoms. The first-order valence-electron chi connectivity index (χ1n) is 6.14. The van der Waals surface area contributed by atoms with Gasteiger partial charge in [-0.25, -0.2) is 0 Å². The van der Waals surface area contributed by atoms with Crippen LogP contribution in [0.1, 0.15) is 17.0 Å². The van der Waals surface area contributed by atoms with Crippen molar-refractivity contribution in [1.82, 2.24) is 4.98 Å². The molecule has 0 aliphatic rings. The summed E-state index contributed by atoms with van der Waals surface area (Å²) in [5.74, 6) is 1.59. The summed E-state index contributed by atoms with van der Waals surface area (Å²) in [6.45, 7) is 2.85. The Balaban J connectivity index is 2.07. The van der Waals surface area contributed by atoms with Gasteiger partial charge in [0.15, 0.2) is 0 Å². The molecule has 0 aliphatic carbocycles. The van der Waals surface area contributed by atoms with Crippen molar-refractivity contribution >= 4 is 0 Å². The van der Waals surface area contributed by atoms with Crippen LogP contribution in [0.2, 0.25) is 0 Å². The molecule has 0 saturated carbocycles. The third kappa shape index (κ3) is 3.69. The first-order valence-corrected chi connectivity index (χ1v) is 6.14. The van der Waals surface area contributed by atoms with Crippen LogP contribution >= 0.6 is 0 Å². The molecule has 0 radical (unpaired) electrons. The van der Waals surface area contributed by atoms with E-state index >= 15 is 0 Å². The van der Waals surface area contributed by atoms with Gasteiger partial charge in [-0.2, -0.15) is 0 Å². The number of hydrogen-bond acceptors (Lipinski definition) is 4. The third-order valence-corrected chi connectivity index (χ3v) is 2.74. The molecule has 0 bridgehead atoms. The SMILES string of the molecule is COc1cc(C)nc(COc2cccc(CN)c2)c1. The van der Waals surface area contributed by atoms with E-state index in [0.717, 1.165) is 28.5 Å². The van der Waals surface area contributed by atoms with Crippen LogP contribution in [-0.2, 0) is 13.2 Å². The molecule has 0 unspecified atom stereocenters. The predicted molar refractivity (Wildman–Crippen MR) is 74.2 cm³/mol. The number of hydrogen-bond donors (Lipinski definition) is 1. The van der Waals surface area contributed by atoms with Crippen LogP contribution in [0.5, 0.6) is 11.5 Å². The Morgan fingerprint density at radius 3 is 2.74 bits per heavy atom. The molecule has 0 amide bonds. The van der Waals surface area contributed by atoms with Crippen molar-refractivity contribution in [3.05, 3.63) is 53.3 Å². The second-order valence-electron chi connectivity index (χ2n) is 4.28. The number of methoxy groups -OCH3 is 1. The smallest absolute Gasteiger partial charge is 0.130 e. The largest absolute Gasteiger partial charge is 0.497 e. The lowest BCUT2D eigenvalue weighted by Gasteiger charge is -2.09. The van der Waals surface area contributed by atoms with Gasteiger partial charge in [0.1, 0.15) is 18.1 Å². The first-order chi connectivity index (χ1) is 9.21.